The number of nitrogens with two attached hydrogens (primary N) is 1. The number of rotatable bonds is 5. The Morgan fingerprint density at radius 3 is 2.48 bits per heavy atom. The van der Waals surface area contributed by atoms with Gasteiger partial charge in [0.2, 0.25) is 0 Å². The van der Waals surface area contributed by atoms with Crippen LogP contribution >= 0.6 is 0 Å². The van der Waals surface area contributed by atoms with E-state index in [0.717, 1.165) is 28.4 Å². The van der Waals surface area contributed by atoms with E-state index in [1.54, 1.807) is 0 Å². The first-order valence-corrected chi connectivity index (χ1v) is 7.81. The summed E-state index contributed by atoms with van der Waals surface area (Å²) < 4.78 is 7.48. The van der Waals surface area contributed by atoms with E-state index in [2.05, 4.69) is 36.3 Å². The molecule has 0 aliphatic heterocycles. The minimum absolute atomic E-state index is 0.420. The van der Waals surface area contributed by atoms with Gasteiger partial charge in [0.1, 0.15) is 5.75 Å². The fraction of sp³-hybridized carbons (Fsp3) is 0.211. The third-order valence-corrected chi connectivity index (χ3v) is 3.77. The number of aryl methyl sites for hydroxylation is 1. The van der Waals surface area contributed by atoms with Gasteiger partial charge in [-0.2, -0.15) is 5.10 Å². The first kappa shape index (κ1) is 15.3. The molecule has 0 unspecified atom stereocenters. The largest absolute Gasteiger partial charge is 0.494 e. The van der Waals surface area contributed by atoms with Crippen molar-refractivity contribution in [1.29, 1.82) is 0 Å². The van der Waals surface area contributed by atoms with Crippen molar-refractivity contribution in [3.8, 4) is 22.7 Å². The summed E-state index contributed by atoms with van der Waals surface area (Å²) in [4.78, 5) is 0. The van der Waals surface area contributed by atoms with E-state index in [4.69, 9.17) is 10.5 Å². The molecule has 0 aliphatic carbocycles. The van der Waals surface area contributed by atoms with Crippen molar-refractivity contribution in [3.63, 3.8) is 0 Å². The molecule has 1 heterocycles. The van der Waals surface area contributed by atoms with Gasteiger partial charge in [-0.15, -0.1) is 0 Å². The van der Waals surface area contributed by atoms with Crippen molar-refractivity contribution < 1.29 is 4.74 Å². The molecular weight excluding hydrogens is 286 g/mol. The van der Waals surface area contributed by atoms with Crippen LogP contribution in [-0.2, 0) is 6.54 Å². The zero-order chi connectivity index (χ0) is 16.2. The molecule has 0 amide bonds. The van der Waals surface area contributed by atoms with Gasteiger partial charge in [-0.1, -0.05) is 18.2 Å². The molecule has 2 N–H and O–H groups in total. The maximum Gasteiger partial charge on any atom is 0.119 e. The average Bonchev–Trinajstić information content (AvgIpc) is 3.00. The lowest BCUT2D eigenvalue weighted by Crippen LogP contribution is -2.03. The normalized spacial score (nSPS) is 10.7. The zero-order valence-electron chi connectivity index (χ0n) is 13.5. The Bertz CT molecular complexity index is 791. The molecule has 0 aliphatic rings. The predicted octanol–water partition coefficient (Wildman–Crippen LogP) is 3.71. The van der Waals surface area contributed by atoms with Gasteiger partial charge in [-0.3, -0.25) is 0 Å². The lowest BCUT2D eigenvalue weighted by molar-refractivity contribution is 0.340. The second kappa shape index (κ2) is 6.67. The van der Waals surface area contributed by atoms with Crippen LogP contribution in [0.25, 0.3) is 16.9 Å². The molecule has 3 rings (SSSR count). The van der Waals surface area contributed by atoms with Crippen LogP contribution in [0, 0.1) is 6.92 Å². The minimum atomic E-state index is 0.420. The van der Waals surface area contributed by atoms with E-state index in [0.29, 0.717) is 13.2 Å². The van der Waals surface area contributed by atoms with Crippen LogP contribution in [0.1, 0.15) is 18.2 Å². The highest BCUT2D eigenvalue weighted by atomic mass is 16.5. The van der Waals surface area contributed by atoms with Crippen molar-refractivity contribution >= 4 is 0 Å². The van der Waals surface area contributed by atoms with E-state index < -0.39 is 0 Å². The van der Waals surface area contributed by atoms with Gasteiger partial charge in [-0.25, -0.2) is 4.68 Å². The lowest BCUT2D eigenvalue weighted by Gasteiger charge is -2.11. The summed E-state index contributed by atoms with van der Waals surface area (Å²) >= 11 is 0. The molecule has 0 saturated carbocycles. The molecular formula is C19H21N3O. The minimum Gasteiger partial charge on any atom is -0.494 e. The van der Waals surface area contributed by atoms with Gasteiger partial charge >= 0.3 is 0 Å². The third kappa shape index (κ3) is 3.12. The lowest BCUT2D eigenvalue weighted by atomic mass is 10.1. The zero-order valence-corrected chi connectivity index (χ0v) is 13.5. The van der Waals surface area contributed by atoms with Crippen LogP contribution in [-0.4, -0.2) is 16.4 Å². The fourth-order valence-corrected chi connectivity index (χ4v) is 2.61. The number of nitrogens with zero attached hydrogens (tertiary/aromatic N) is 2. The van der Waals surface area contributed by atoms with Crippen molar-refractivity contribution in [2.45, 2.75) is 20.4 Å². The Morgan fingerprint density at radius 1 is 1.09 bits per heavy atom. The second-order valence-electron chi connectivity index (χ2n) is 5.38. The molecule has 3 aromatic rings. The molecule has 23 heavy (non-hydrogen) atoms. The van der Waals surface area contributed by atoms with Crippen LogP contribution in [0.15, 0.2) is 54.6 Å². The Labute approximate surface area is 136 Å². The number of aromatic nitrogens is 2. The van der Waals surface area contributed by atoms with Gasteiger partial charge in [-0.05, 0) is 55.8 Å². The standard InChI is InChI=1S/C19H21N3O/c1-3-23-17-10-8-15(9-11-17)19-12-16(13-20)21-22(19)18-7-5-4-6-14(18)2/h4-12H,3,13,20H2,1-2H3. The van der Waals surface area contributed by atoms with Crippen molar-refractivity contribution in [2.24, 2.45) is 5.73 Å². The van der Waals surface area contributed by atoms with Gasteiger partial charge in [0.05, 0.1) is 23.7 Å². The number of benzene rings is 2. The Kier molecular flexibility index (Phi) is 4.44. The molecule has 0 radical (unpaired) electrons. The molecule has 0 bridgehead atoms. The summed E-state index contributed by atoms with van der Waals surface area (Å²) in [6.45, 7) is 5.15. The summed E-state index contributed by atoms with van der Waals surface area (Å²) in [5.41, 5.74) is 11.0. The fourth-order valence-electron chi connectivity index (χ4n) is 2.61. The molecule has 0 spiro atoms. The van der Waals surface area contributed by atoms with Crippen molar-refractivity contribution in [2.75, 3.05) is 6.61 Å². The van der Waals surface area contributed by atoms with E-state index in [9.17, 15) is 0 Å². The Hall–Kier alpha value is -2.59. The van der Waals surface area contributed by atoms with E-state index in [1.165, 1.54) is 5.56 Å². The van der Waals surface area contributed by atoms with E-state index in [-0.39, 0.29) is 0 Å². The molecule has 4 nitrogen and oxygen atoms in total. The van der Waals surface area contributed by atoms with E-state index >= 15 is 0 Å². The van der Waals surface area contributed by atoms with Crippen LogP contribution < -0.4 is 10.5 Å². The maximum absolute atomic E-state index is 5.79. The smallest absolute Gasteiger partial charge is 0.119 e. The highest BCUT2D eigenvalue weighted by Crippen LogP contribution is 2.27. The highest BCUT2D eigenvalue weighted by Gasteiger charge is 2.12. The summed E-state index contributed by atoms with van der Waals surface area (Å²) in [5, 5.41) is 4.66. The average molecular weight is 307 g/mol. The number of para-hydroxylation sites is 1. The highest BCUT2D eigenvalue weighted by molar-refractivity contribution is 5.64. The topological polar surface area (TPSA) is 53.1 Å². The summed E-state index contributed by atoms with van der Waals surface area (Å²) in [5.74, 6) is 0.872. The molecule has 4 heteroatoms. The van der Waals surface area contributed by atoms with Crippen LogP contribution in [0.5, 0.6) is 5.75 Å². The monoisotopic (exact) mass is 307 g/mol. The molecule has 0 atom stereocenters. The molecule has 0 saturated heterocycles. The Morgan fingerprint density at radius 2 is 1.83 bits per heavy atom. The SMILES string of the molecule is CCOc1ccc(-c2cc(CN)nn2-c2ccccc2C)cc1. The van der Waals surface area contributed by atoms with E-state index in [1.807, 2.05) is 41.9 Å². The van der Waals surface area contributed by atoms with Gasteiger partial charge in [0.15, 0.2) is 0 Å². The predicted molar refractivity (Wildman–Crippen MR) is 92.8 cm³/mol. The summed E-state index contributed by atoms with van der Waals surface area (Å²) in [6.07, 6.45) is 0. The molecule has 2 aromatic carbocycles. The van der Waals surface area contributed by atoms with Gasteiger partial charge < -0.3 is 10.5 Å². The van der Waals surface area contributed by atoms with Crippen molar-refractivity contribution in [1.82, 2.24) is 9.78 Å². The summed E-state index contributed by atoms with van der Waals surface area (Å²) in [6, 6.07) is 18.3. The van der Waals surface area contributed by atoms with Crippen LogP contribution in [0.3, 0.4) is 0 Å². The molecule has 0 fully saturated rings. The number of hydrogen-bond acceptors (Lipinski definition) is 3. The molecule has 1 aromatic heterocycles. The van der Waals surface area contributed by atoms with Crippen LogP contribution in [0.4, 0.5) is 0 Å². The first-order chi connectivity index (χ1) is 11.2. The second-order valence-corrected chi connectivity index (χ2v) is 5.38. The number of ether oxygens (including phenoxy) is 1. The van der Waals surface area contributed by atoms with Crippen LogP contribution in [0.2, 0.25) is 0 Å². The number of hydrogen-bond donors (Lipinski definition) is 1. The Balaban J connectivity index is 2.08. The maximum atomic E-state index is 5.79. The third-order valence-electron chi connectivity index (χ3n) is 3.77. The van der Waals surface area contributed by atoms with Gasteiger partial charge in [0.25, 0.3) is 0 Å². The van der Waals surface area contributed by atoms with Crippen molar-refractivity contribution in [3.05, 3.63) is 65.9 Å². The molecule has 118 valence electrons. The first-order valence-electron chi connectivity index (χ1n) is 7.81. The van der Waals surface area contributed by atoms with Gasteiger partial charge in [0, 0.05) is 12.1 Å². The quantitative estimate of drug-likeness (QED) is 0.782. The summed E-state index contributed by atoms with van der Waals surface area (Å²) in [7, 11) is 0.